The molecule has 0 fully saturated rings. The molecule has 4 heteroatoms. The zero-order valence-electron chi connectivity index (χ0n) is 11.1. The van der Waals surface area contributed by atoms with Crippen molar-refractivity contribution in [2.75, 3.05) is 26.0 Å². The van der Waals surface area contributed by atoms with Gasteiger partial charge in [-0.1, -0.05) is 13.8 Å². The van der Waals surface area contributed by atoms with Crippen LogP contribution in [0.3, 0.4) is 0 Å². The number of rotatable bonds is 6. The molecule has 1 rings (SSSR count). The summed E-state index contributed by atoms with van der Waals surface area (Å²) in [6.45, 7) is 8.54. The maximum Gasteiger partial charge on any atom is 0.202 e. The van der Waals surface area contributed by atoms with Gasteiger partial charge < -0.3 is 14.8 Å². The number of aromatic nitrogens is 2. The van der Waals surface area contributed by atoms with Crippen LogP contribution in [-0.4, -0.2) is 41.1 Å². The maximum absolute atomic E-state index is 4.33. The van der Waals surface area contributed by atoms with E-state index < -0.39 is 0 Å². The van der Waals surface area contributed by atoms with Crippen molar-refractivity contribution in [2.45, 2.75) is 33.4 Å². The minimum atomic E-state index is 0.508. The van der Waals surface area contributed by atoms with E-state index in [2.05, 4.69) is 54.6 Å². The van der Waals surface area contributed by atoms with E-state index in [0.29, 0.717) is 12.0 Å². The van der Waals surface area contributed by atoms with E-state index in [0.717, 1.165) is 19.0 Å². The summed E-state index contributed by atoms with van der Waals surface area (Å²) in [7, 11) is 4.20. The van der Waals surface area contributed by atoms with Crippen molar-refractivity contribution in [2.24, 2.45) is 5.92 Å². The molecule has 0 bridgehead atoms. The van der Waals surface area contributed by atoms with Crippen LogP contribution in [-0.2, 0) is 6.54 Å². The summed E-state index contributed by atoms with van der Waals surface area (Å²) < 4.78 is 2.17. The first-order chi connectivity index (χ1) is 7.50. The molecule has 16 heavy (non-hydrogen) atoms. The molecular weight excluding hydrogens is 200 g/mol. The average molecular weight is 224 g/mol. The average Bonchev–Trinajstić information content (AvgIpc) is 2.62. The lowest BCUT2D eigenvalue weighted by atomic mass is 10.2. The SMILES string of the molecule is CC(C)CNc1nccn1CC(C)N(C)C. The van der Waals surface area contributed by atoms with Gasteiger partial charge in [0.1, 0.15) is 0 Å². The predicted octanol–water partition coefficient (Wildman–Crippen LogP) is 1.90. The first-order valence-corrected chi connectivity index (χ1v) is 5.92. The van der Waals surface area contributed by atoms with Crippen LogP contribution in [0.15, 0.2) is 12.4 Å². The molecule has 0 amide bonds. The van der Waals surface area contributed by atoms with Crippen LogP contribution in [0.4, 0.5) is 5.95 Å². The van der Waals surface area contributed by atoms with Gasteiger partial charge in [-0.15, -0.1) is 0 Å². The lowest BCUT2D eigenvalue weighted by Gasteiger charge is -2.21. The Hall–Kier alpha value is -1.03. The number of nitrogens with one attached hydrogen (secondary N) is 1. The van der Waals surface area contributed by atoms with Crippen LogP contribution in [0.1, 0.15) is 20.8 Å². The smallest absolute Gasteiger partial charge is 0.202 e. The highest BCUT2D eigenvalue weighted by molar-refractivity contribution is 5.25. The van der Waals surface area contributed by atoms with Crippen molar-refractivity contribution in [1.82, 2.24) is 14.5 Å². The van der Waals surface area contributed by atoms with Gasteiger partial charge in [-0.05, 0) is 26.9 Å². The van der Waals surface area contributed by atoms with Crippen molar-refractivity contribution in [3.05, 3.63) is 12.4 Å². The Labute approximate surface area is 98.7 Å². The lowest BCUT2D eigenvalue weighted by molar-refractivity contribution is 0.284. The lowest BCUT2D eigenvalue weighted by Crippen LogP contribution is -2.29. The van der Waals surface area contributed by atoms with Crippen LogP contribution in [0.25, 0.3) is 0 Å². The minimum Gasteiger partial charge on any atom is -0.355 e. The van der Waals surface area contributed by atoms with E-state index in [-0.39, 0.29) is 0 Å². The quantitative estimate of drug-likeness (QED) is 0.801. The molecule has 0 spiro atoms. The molecule has 1 unspecified atom stereocenters. The zero-order chi connectivity index (χ0) is 12.1. The molecule has 1 aromatic rings. The zero-order valence-corrected chi connectivity index (χ0v) is 11.1. The highest BCUT2D eigenvalue weighted by atomic mass is 15.2. The normalized spacial score (nSPS) is 13.4. The second-order valence-corrected chi connectivity index (χ2v) is 4.99. The predicted molar refractivity (Wildman–Crippen MR) is 68.7 cm³/mol. The first-order valence-electron chi connectivity index (χ1n) is 5.92. The van der Waals surface area contributed by atoms with Crippen LogP contribution in [0.5, 0.6) is 0 Å². The van der Waals surface area contributed by atoms with Crippen molar-refractivity contribution in [3.8, 4) is 0 Å². The monoisotopic (exact) mass is 224 g/mol. The fourth-order valence-corrected chi connectivity index (χ4v) is 1.37. The third kappa shape index (κ3) is 3.85. The molecule has 0 aliphatic carbocycles. The van der Waals surface area contributed by atoms with Gasteiger partial charge in [0.05, 0.1) is 0 Å². The van der Waals surface area contributed by atoms with E-state index in [1.807, 2.05) is 12.4 Å². The minimum absolute atomic E-state index is 0.508. The van der Waals surface area contributed by atoms with Gasteiger partial charge >= 0.3 is 0 Å². The van der Waals surface area contributed by atoms with E-state index in [9.17, 15) is 0 Å². The number of hydrogen-bond acceptors (Lipinski definition) is 3. The van der Waals surface area contributed by atoms with Gasteiger partial charge in [0, 0.05) is 31.5 Å². The summed E-state index contributed by atoms with van der Waals surface area (Å²) in [4.78, 5) is 6.55. The van der Waals surface area contributed by atoms with Gasteiger partial charge in [0.15, 0.2) is 0 Å². The van der Waals surface area contributed by atoms with Crippen molar-refractivity contribution in [1.29, 1.82) is 0 Å². The Morgan fingerprint density at radius 1 is 1.38 bits per heavy atom. The Morgan fingerprint density at radius 3 is 2.62 bits per heavy atom. The number of anilines is 1. The third-order valence-corrected chi connectivity index (χ3v) is 2.73. The van der Waals surface area contributed by atoms with Gasteiger partial charge in [-0.2, -0.15) is 0 Å². The van der Waals surface area contributed by atoms with Gasteiger partial charge in [0.2, 0.25) is 5.95 Å². The standard InChI is InChI=1S/C12H24N4/c1-10(2)8-14-12-13-6-7-16(12)9-11(3)15(4)5/h6-7,10-11H,8-9H2,1-5H3,(H,13,14). The van der Waals surface area contributed by atoms with Crippen molar-refractivity contribution in [3.63, 3.8) is 0 Å². The number of hydrogen-bond donors (Lipinski definition) is 1. The van der Waals surface area contributed by atoms with Gasteiger partial charge in [0.25, 0.3) is 0 Å². The van der Waals surface area contributed by atoms with E-state index in [1.54, 1.807) is 0 Å². The Bertz CT molecular complexity index is 304. The second-order valence-electron chi connectivity index (χ2n) is 4.99. The molecular formula is C12H24N4. The second kappa shape index (κ2) is 5.89. The van der Waals surface area contributed by atoms with Crippen molar-refractivity contribution < 1.29 is 0 Å². The molecule has 4 nitrogen and oxygen atoms in total. The highest BCUT2D eigenvalue weighted by Gasteiger charge is 2.08. The molecule has 0 aromatic carbocycles. The van der Waals surface area contributed by atoms with Crippen LogP contribution < -0.4 is 5.32 Å². The van der Waals surface area contributed by atoms with Crippen molar-refractivity contribution >= 4 is 5.95 Å². The summed E-state index contributed by atoms with van der Waals surface area (Å²) in [6.07, 6.45) is 3.88. The fourth-order valence-electron chi connectivity index (χ4n) is 1.37. The molecule has 92 valence electrons. The summed E-state index contributed by atoms with van der Waals surface area (Å²) in [5, 5.41) is 3.37. The topological polar surface area (TPSA) is 33.1 Å². The van der Waals surface area contributed by atoms with Crippen LogP contribution in [0.2, 0.25) is 0 Å². The third-order valence-electron chi connectivity index (χ3n) is 2.73. The molecule has 1 N–H and O–H groups in total. The molecule has 0 saturated heterocycles. The van der Waals surface area contributed by atoms with E-state index in [1.165, 1.54) is 0 Å². The molecule has 1 heterocycles. The molecule has 1 aromatic heterocycles. The Kier molecular flexibility index (Phi) is 4.80. The number of likely N-dealkylation sites (N-methyl/N-ethyl adjacent to an activating group) is 1. The van der Waals surface area contributed by atoms with Crippen LogP contribution >= 0.6 is 0 Å². The van der Waals surface area contributed by atoms with Gasteiger partial charge in [-0.3, -0.25) is 0 Å². The van der Waals surface area contributed by atoms with Gasteiger partial charge in [-0.25, -0.2) is 4.98 Å². The molecule has 0 saturated carbocycles. The van der Waals surface area contributed by atoms with E-state index in [4.69, 9.17) is 0 Å². The molecule has 0 aliphatic rings. The Morgan fingerprint density at radius 2 is 2.06 bits per heavy atom. The number of nitrogens with zero attached hydrogens (tertiary/aromatic N) is 3. The molecule has 0 aliphatic heterocycles. The summed E-state index contributed by atoms with van der Waals surface area (Å²) in [5.41, 5.74) is 0. The summed E-state index contributed by atoms with van der Waals surface area (Å²) in [5.74, 6) is 1.61. The summed E-state index contributed by atoms with van der Waals surface area (Å²) in [6, 6.07) is 0.508. The first kappa shape index (κ1) is 13.0. The Balaban J connectivity index is 2.56. The molecule has 0 radical (unpaired) electrons. The highest BCUT2D eigenvalue weighted by Crippen LogP contribution is 2.08. The molecule has 1 atom stereocenters. The fraction of sp³-hybridized carbons (Fsp3) is 0.750. The number of imidazole rings is 1. The summed E-state index contributed by atoms with van der Waals surface area (Å²) >= 11 is 0. The maximum atomic E-state index is 4.33. The van der Waals surface area contributed by atoms with E-state index >= 15 is 0 Å². The van der Waals surface area contributed by atoms with Crippen LogP contribution in [0, 0.1) is 5.92 Å². The largest absolute Gasteiger partial charge is 0.355 e.